The molecule has 0 fully saturated rings. The lowest BCUT2D eigenvalue weighted by molar-refractivity contribution is -0.432. The fourth-order valence-corrected chi connectivity index (χ4v) is 0.546. The maximum atomic E-state index is 10.2. The molecule has 0 atom stereocenters. The van der Waals surface area contributed by atoms with Crippen molar-refractivity contribution in [2.24, 2.45) is 5.84 Å². The van der Waals surface area contributed by atoms with E-state index in [-0.39, 0.29) is 12.6 Å². The number of ether oxygens (including phenoxy) is 1. The number of rotatable bonds is 5. The maximum absolute atomic E-state index is 10.2. The molecule has 70 valence electrons. The van der Waals surface area contributed by atoms with E-state index in [1.54, 1.807) is 0 Å². The molecule has 0 spiro atoms. The lowest BCUT2D eigenvalue weighted by Gasteiger charge is -2.11. The first-order valence-electron chi connectivity index (χ1n) is 3.16. The lowest BCUT2D eigenvalue weighted by atomic mass is 10.7. The summed E-state index contributed by atoms with van der Waals surface area (Å²) in [4.78, 5) is 9.65. The second kappa shape index (κ2) is 5.33. The van der Waals surface area contributed by atoms with Gasteiger partial charge in [0.05, 0.1) is 7.05 Å². The molecule has 0 aliphatic carbocycles. The topological polar surface area (TPSA) is 93.7 Å². The standard InChI is InChI=1S/C5H12N4O3/c1-7-5(9(10)11)3-8(6)4-12-2/h3,7H,4,6H2,1-2H3. The Morgan fingerprint density at radius 2 is 2.50 bits per heavy atom. The van der Waals surface area contributed by atoms with Crippen molar-refractivity contribution in [3.63, 3.8) is 0 Å². The molecule has 0 aromatic carbocycles. The summed E-state index contributed by atoms with van der Waals surface area (Å²) in [5.41, 5.74) is 0. The molecule has 0 bridgehead atoms. The Balaban J connectivity index is 4.17. The Kier molecular flexibility index (Phi) is 4.73. The minimum absolute atomic E-state index is 0.0962. The Morgan fingerprint density at radius 3 is 2.83 bits per heavy atom. The summed E-state index contributed by atoms with van der Waals surface area (Å²) in [6.45, 7) is 0.0962. The van der Waals surface area contributed by atoms with Crippen molar-refractivity contribution in [3.8, 4) is 0 Å². The summed E-state index contributed by atoms with van der Waals surface area (Å²) in [5.74, 6) is 5.10. The molecule has 0 aliphatic heterocycles. The molecular weight excluding hydrogens is 164 g/mol. The summed E-state index contributed by atoms with van der Waals surface area (Å²) in [7, 11) is 2.88. The molecule has 0 aromatic heterocycles. The molecular formula is C5H12N4O3. The van der Waals surface area contributed by atoms with Crippen LogP contribution in [0.3, 0.4) is 0 Å². The minimum atomic E-state index is -0.574. The summed E-state index contributed by atoms with van der Waals surface area (Å²) in [5, 5.41) is 13.7. The van der Waals surface area contributed by atoms with Crippen LogP contribution in [0, 0.1) is 10.1 Å². The molecule has 0 amide bonds. The second-order valence-electron chi connectivity index (χ2n) is 1.95. The quantitative estimate of drug-likeness (QED) is 0.243. The third kappa shape index (κ3) is 3.74. The Hall–Kier alpha value is -1.34. The largest absolute Gasteiger partial charge is 0.363 e. The van der Waals surface area contributed by atoms with Crippen LogP contribution in [0.25, 0.3) is 0 Å². The number of hydrazine groups is 1. The van der Waals surface area contributed by atoms with Crippen molar-refractivity contribution >= 4 is 0 Å². The molecule has 0 rings (SSSR count). The molecule has 0 saturated carbocycles. The van der Waals surface area contributed by atoms with Gasteiger partial charge >= 0.3 is 5.82 Å². The van der Waals surface area contributed by atoms with Crippen LogP contribution in [-0.4, -0.2) is 30.8 Å². The third-order valence-corrected chi connectivity index (χ3v) is 1.02. The van der Waals surface area contributed by atoms with E-state index in [1.165, 1.54) is 14.2 Å². The van der Waals surface area contributed by atoms with Crippen molar-refractivity contribution in [2.45, 2.75) is 0 Å². The van der Waals surface area contributed by atoms with Gasteiger partial charge < -0.3 is 14.9 Å². The van der Waals surface area contributed by atoms with E-state index in [4.69, 9.17) is 5.84 Å². The lowest BCUT2D eigenvalue weighted by Crippen LogP contribution is -2.30. The van der Waals surface area contributed by atoms with E-state index in [9.17, 15) is 10.1 Å². The van der Waals surface area contributed by atoms with Gasteiger partial charge in [-0.15, -0.1) is 0 Å². The highest BCUT2D eigenvalue weighted by Gasteiger charge is 2.05. The molecule has 0 heterocycles. The molecule has 0 saturated heterocycles. The van der Waals surface area contributed by atoms with Gasteiger partial charge in [0.2, 0.25) is 0 Å². The molecule has 7 nitrogen and oxygen atoms in total. The average Bonchev–Trinajstić information content (AvgIpc) is 2.00. The number of nitrogens with two attached hydrogens (primary N) is 1. The zero-order chi connectivity index (χ0) is 9.56. The van der Waals surface area contributed by atoms with Crippen LogP contribution in [-0.2, 0) is 4.74 Å². The minimum Gasteiger partial charge on any atom is -0.363 e. The van der Waals surface area contributed by atoms with E-state index < -0.39 is 4.92 Å². The number of hydrogen-bond acceptors (Lipinski definition) is 6. The monoisotopic (exact) mass is 176 g/mol. The first-order valence-corrected chi connectivity index (χ1v) is 3.16. The highest BCUT2D eigenvalue weighted by atomic mass is 16.6. The maximum Gasteiger partial charge on any atom is 0.333 e. The highest BCUT2D eigenvalue weighted by Crippen LogP contribution is 1.90. The molecule has 12 heavy (non-hydrogen) atoms. The van der Waals surface area contributed by atoms with Gasteiger partial charge in [0, 0.05) is 7.11 Å². The SMILES string of the molecule is CNC(=CN(N)COC)[N+](=O)[O-]. The van der Waals surface area contributed by atoms with Crippen molar-refractivity contribution in [1.82, 2.24) is 10.3 Å². The molecule has 3 N–H and O–H groups in total. The molecule has 7 heteroatoms. The zero-order valence-corrected chi connectivity index (χ0v) is 6.98. The van der Waals surface area contributed by atoms with E-state index in [0.717, 1.165) is 11.2 Å². The van der Waals surface area contributed by atoms with Crippen molar-refractivity contribution in [2.75, 3.05) is 20.9 Å². The Bertz CT molecular complexity index is 182. The van der Waals surface area contributed by atoms with Gasteiger partial charge in [-0.25, -0.2) is 5.84 Å². The van der Waals surface area contributed by atoms with Crippen molar-refractivity contribution < 1.29 is 9.66 Å². The highest BCUT2D eigenvalue weighted by molar-refractivity contribution is 4.85. The van der Waals surface area contributed by atoms with Crippen LogP contribution in [0.15, 0.2) is 12.0 Å². The van der Waals surface area contributed by atoms with E-state index in [0.29, 0.717) is 0 Å². The molecule has 0 aromatic rings. The van der Waals surface area contributed by atoms with E-state index in [2.05, 4.69) is 10.1 Å². The van der Waals surface area contributed by atoms with Crippen molar-refractivity contribution in [3.05, 3.63) is 22.1 Å². The van der Waals surface area contributed by atoms with E-state index in [1.807, 2.05) is 0 Å². The Labute approximate surface area is 69.9 Å². The van der Waals surface area contributed by atoms with Gasteiger partial charge in [0.25, 0.3) is 0 Å². The summed E-state index contributed by atoms with van der Waals surface area (Å²) in [6.07, 6.45) is 1.14. The van der Waals surface area contributed by atoms with Crippen LogP contribution < -0.4 is 11.2 Å². The summed E-state index contributed by atoms with van der Waals surface area (Å²) >= 11 is 0. The van der Waals surface area contributed by atoms with Gasteiger partial charge in [-0.1, -0.05) is 0 Å². The first-order chi connectivity index (χ1) is 5.61. The number of nitro groups is 1. The number of nitrogens with one attached hydrogen (secondary N) is 1. The smallest absolute Gasteiger partial charge is 0.333 e. The number of methoxy groups -OCH3 is 1. The van der Waals surface area contributed by atoms with Gasteiger partial charge in [0.15, 0.2) is 0 Å². The van der Waals surface area contributed by atoms with Crippen LogP contribution in [0.1, 0.15) is 0 Å². The van der Waals surface area contributed by atoms with Gasteiger partial charge in [-0.05, 0) is 4.92 Å². The molecule has 0 unspecified atom stereocenters. The molecule has 0 radical (unpaired) electrons. The number of nitrogens with zero attached hydrogens (tertiary/aromatic N) is 2. The average molecular weight is 176 g/mol. The van der Waals surface area contributed by atoms with Crippen molar-refractivity contribution in [1.29, 1.82) is 0 Å². The zero-order valence-electron chi connectivity index (χ0n) is 6.98. The Morgan fingerprint density at radius 1 is 1.92 bits per heavy atom. The molecule has 0 aliphatic rings. The predicted molar refractivity (Wildman–Crippen MR) is 42.0 cm³/mol. The number of hydrogen-bond donors (Lipinski definition) is 2. The van der Waals surface area contributed by atoms with Crippen LogP contribution in [0.5, 0.6) is 0 Å². The first kappa shape index (κ1) is 10.7. The fraction of sp³-hybridized carbons (Fsp3) is 0.600. The van der Waals surface area contributed by atoms with Gasteiger partial charge in [-0.3, -0.25) is 10.3 Å². The van der Waals surface area contributed by atoms with Crippen LogP contribution >= 0.6 is 0 Å². The van der Waals surface area contributed by atoms with E-state index >= 15 is 0 Å². The third-order valence-electron chi connectivity index (χ3n) is 1.02. The second-order valence-corrected chi connectivity index (χ2v) is 1.95. The van der Waals surface area contributed by atoms with Gasteiger partial charge in [-0.2, -0.15) is 0 Å². The van der Waals surface area contributed by atoms with Crippen LogP contribution in [0.4, 0.5) is 0 Å². The summed E-state index contributed by atoms with van der Waals surface area (Å²) < 4.78 is 4.63. The fourth-order valence-electron chi connectivity index (χ4n) is 0.546. The van der Waals surface area contributed by atoms with Crippen LogP contribution in [0.2, 0.25) is 0 Å². The van der Waals surface area contributed by atoms with Gasteiger partial charge in [0.1, 0.15) is 12.9 Å². The summed E-state index contributed by atoms with van der Waals surface area (Å²) in [6, 6.07) is 0. The normalized spacial score (nSPS) is 11.1. The predicted octanol–water partition coefficient (Wildman–Crippen LogP) is -0.939.